The number of benzene rings is 2. The summed E-state index contributed by atoms with van der Waals surface area (Å²) in [6.45, 7) is 19.6. The van der Waals surface area contributed by atoms with E-state index in [4.69, 9.17) is 18.8 Å². The van der Waals surface area contributed by atoms with Crippen LogP contribution in [0.15, 0.2) is 36.4 Å². The zero-order valence-electron chi connectivity index (χ0n) is 17.8. The molecule has 0 aromatic heterocycles. The Kier molecular flexibility index (Phi) is 8.12. The van der Waals surface area contributed by atoms with Gasteiger partial charge in [-0.25, -0.2) is 9.24 Å². The summed E-state index contributed by atoms with van der Waals surface area (Å²) < 4.78 is 14.8. The Hall–Kier alpha value is -2.49. The normalized spacial score (nSPS) is 10.9. The summed E-state index contributed by atoms with van der Waals surface area (Å²) in [5, 5.41) is 3.71. The third-order valence-corrected chi connectivity index (χ3v) is 5.21. The summed E-state index contributed by atoms with van der Waals surface area (Å²) in [5.74, 6) is -0.222. The van der Waals surface area contributed by atoms with Crippen molar-refractivity contribution in [1.29, 1.82) is 0 Å². The molecule has 2 rings (SSSR count). The molecule has 6 heteroatoms. The third-order valence-electron chi connectivity index (χ3n) is 4.91. The third kappa shape index (κ3) is 5.75. The van der Waals surface area contributed by atoms with Crippen LogP contribution in [0, 0.1) is 19.3 Å². The summed E-state index contributed by atoms with van der Waals surface area (Å²) in [5.41, 5.74) is 3.71. The molecular formula is C23H29FN4S. The second-order valence-corrected chi connectivity index (χ2v) is 7.63. The molecule has 0 aliphatic heterocycles. The maximum atomic E-state index is 14.8. The lowest BCUT2D eigenvalue weighted by Gasteiger charge is -2.30. The number of hydrogen-bond donors (Lipinski definition) is 1. The quantitative estimate of drug-likeness (QED) is 0.436. The lowest BCUT2D eigenvalue weighted by molar-refractivity contribution is 0.291. The molecule has 0 amide bonds. The molecule has 4 nitrogen and oxygen atoms in total. The smallest absolute Gasteiger partial charge is 0.190 e. The Labute approximate surface area is 179 Å². The number of nitrogens with zero attached hydrogens (tertiary/aromatic N) is 3. The van der Waals surface area contributed by atoms with Gasteiger partial charge in [0.2, 0.25) is 0 Å². The first-order chi connectivity index (χ1) is 13.8. The number of thiocarbonyl (C=S) groups is 1. The van der Waals surface area contributed by atoms with Crippen LogP contribution >= 0.6 is 12.2 Å². The van der Waals surface area contributed by atoms with Gasteiger partial charge in [-0.15, -0.1) is 0 Å². The molecular weight excluding hydrogens is 383 g/mol. The molecule has 0 aliphatic carbocycles. The van der Waals surface area contributed by atoms with Gasteiger partial charge < -0.3 is 10.2 Å². The Bertz CT molecular complexity index is 900. The first kappa shape index (κ1) is 22.8. The fraction of sp³-hybridized carbons (Fsp3) is 0.391. The number of aryl methyl sites for hydroxylation is 1. The SMILES string of the molecule is [C-]#[N+]c1ccc(NC(=S)N(c2ccc(CN(CC)CC)c(F)c2)C(C)C)cc1C. The predicted octanol–water partition coefficient (Wildman–Crippen LogP) is 6.14. The molecule has 0 atom stereocenters. The minimum absolute atomic E-state index is 0.0478. The van der Waals surface area contributed by atoms with Crippen molar-refractivity contribution < 1.29 is 4.39 Å². The predicted molar refractivity (Wildman–Crippen MR) is 124 cm³/mol. The zero-order chi connectivity index (χ0) is 21.6. The van der Waals surface area contributed by atoms with Crippen molar-refractivity contribution in [3.63, 3.8) is 0 Å². The van der Waals surface area contributed by atoms with Crippen LogP contribution in [-0.4, -0.2) is 29.1 Å². The summed E-state index contributed by atoms with van der Waals surface area (Å²) in [6, 6.07) is 10.9. The average Bonchev–Trinajstić information content (AvgIpc) is 2.67. The van der Waals surface area contributed by atoms with Crippen LogP contribution in [0.25, 0.3) is 4.85 Å². The van der Waals surface area contributed by atoms with Crippen LogP contribution in [0.2, 0.25) is 0 Å². The molecule has 0 fully saturated rings. The number of hydrogen-bond acceptors (Lipinski definition) is 2. The van der Waals surface area contributed by atoms with E-state index in [9.17, 15) is 4.39 Å². The highest BCUT2D eigenvalue weighted by atomic mass is 32.1. The number of halogens is 1. The van der Waals surface area contributed by atoms with Gasteiger partial charge >= 0.3 is 0 Å². The summed E-state index contributed by atoms with van der Waals surface area (Å²) in [6.07, 6.45) is 0. The van der Waals surface area contributed by atoms with Gasteiger partial charge in [0.15, 0.2) is 10.8 Å². The molecule has 29 heavy (non-hydrogen) atoms. The monoisotopic (exact) mass is 412 g/mol. The van der Waals surface area contributed by atoms with Gasteiger partial charge in [0, 0.05) is 29.5 Å². The minimum Gasteiger partial charge on any atom is -0.332 e. The number of anilines is 2. The van der Waals surface area contributed by atoms with E-state index in [-0.39, 0.29) is 11.9 Å². The Morgan fingerprint density at radius 1 is 1.17 bits per heavy atom. The minimum atomic E-state index is -0.222. The summed E-state index contributed by atoms with van der Waals surface area (Å²) in [7, 11) is 0. The van der Waals surface area contributed by atoms with Crippen LogP contribution in [0.1, 0.15) is 38.8 Å². The van der Waals surface area contributed by atoms with Crippen molar-refractivity contribution in [2.24, 2.45) is 0 Å². The fourth-order valence-electron chi connectivity index (χ4n) is 3.19. The van der Waals surface area contributed by atoms with Gasteiger partial charge in [-0.3, -0.25) is 4.90 Å². The standard InChI is InChI=1S/C23H29FN4S/c1-7-27(8-2)15-18-9-11-20(14-21(18)24)28(16(3)4)23(29)26-19-10-12-22(25-6)17(5)13-19/h9-14,16H,7-8,15H2,1-5H3,(H,26,29). The Morgan fingerprint density at radius 3 is 2.38 bits per heavy atom. The van der Waals surface area contributed by atoms with Crippen LogP contribution in [0.4, 0.5) is 21.5 Å². The first-order valence-electron chi connectivity index (χ1n) is 9.89. The van der Waals surface area contributed by atoms with Gasteiger partial charge in [-0.2, -0.15) is 0 Å². The van der Waals surface area contributed by atoms with Gasteiger partial charge in [-0.05, 0) is 75.9 Å². The van der Waals surface area contributed by atoms with Crippen molar-refractivity contribution in [3.8, 4) is 0 Å². The second-order valence-electron chi connectivity index (χ2n) is 7.24. The molecule has 1 N–H and O–H groups in total. The van der Waals surface area contributed by atoms with Crippen molar-refractivity contribution in [2.75, 3.05) is 23.3 Å². The number of rotatable bonds is 7. The van der Waals surface area contributed by atoms with Gasteiger partial charge in [0.25, 0.3) is 0 Å². The van der Waals surface area contributed by atoms with Crippen LogP contribution in [0.5, 0.6) is 0 Å². The molecule has 2 aromatic rings. The largest absolute Gasteiger partial charge is 0.332 e. The van der Waals surface area contributed by atoms with Crippen molar-refractivity contribution in [2.45, 2.75) is 47.2 Å². The fourth-order valence-corrected chi connectivity index (χ4v) is 3.63. The van der Waals surface area contributed by atoms with Crippen LogP contribution in [-0.2, 0) is 6.54 Å². The number of nitrogens with one attached hydrogen (secondary N) is 1. The van der Waals surface area contributed by atoms with E-state index in [0.29, 0.717) is 28.6 Å². The Morgan fingerprint density at radius 2 is 1.86 bits per heavy atom. The first-order valence-corrected chi connectivity index (χ1v) is 10.3. The molecule has 154 valence electrons. The van der Waals surface area contributed by atoms with Gasteiger partial charge in [0.1, 0.15) is 5.82 Å². The van der Waals surface area contributed by atoms with Gasteiger partial charge in [0.05, 0.1) is 6.57 Å². The van der Waals surface area contributed by atoms with E-state index >= 15 is 0 Å². The molecule has 0 aliphatic rings. The maximum Gasteiger partial charge on any atom is 0.190 e. The van der Waals surface area contributed by atoms with Crippen molar-refractivity contribution >= 4 is 34.4 Å². The van der Waals surface area contributed by atoms with E-state index in [2.05, 4.69) is 28.9 Å². The molecule has 0 bridgehead atoms. The van der Waals surface area contributed by atoms with E-state index in [1.165, 1.54) is 0 Å². The lowest BCUT2D eigenvalue weighted by atomic mass is 10.1. The molecule has 0 saturated carbocycles. The maximum absolute atomic E-state index is 14.8. The van der Waals surface area contributed by atoms with Gasteiger partial charge in [-0.1, -0.05) is 26.0 Å². The van der Waals surface area contributed by atoms with Crippen LogP contribution in [0.3, 0.4) is 0 Å². The Balaban J connectivity index is 2.24. The van der Waals surface area contributed by atoms with Crippen molar-refractivity contribution in [1.82, 2.24) is 4.90 Å². The molecule has 0 spiro atoms. The highest BCUT2D eigenvalue weighted by Gasteiger charge is 2.18. The molecule has 0 heterocycles. The molecule has 2 aromatic carbocycles. The summed E-state index contributed by atoms with van der Waals surface area (Å²) in [4.78, 5) is 7.57. The molecule has 0 unspecified atom stereocenters. The van der Waals surface area contributed by atoms with E-state index < -0.39 is 0 Å². The average molecular weight is 413 g/mol. The van der Waals surface area contributed by atoms with E-state index in [1.54, 1.807) is 12.1 Å². The second kappa shape index (κ2) is 10.3. The lowest BCUT2D eigenvalue weighted by Crippen LogP contribution is -2.40. The highest BCUT2D eigenvalue weighted by Crippen LogP contribution is 2.25. The highest BCUT2D eigenvalue weighted by molar-refractivity contribution is 7.80. The summed E-state index contributed by atoms with van der Waals surface area (Å²) >= 11 is 5.63. The topological polar surface area (TPSA) is 22.9 Å². The molecule has 0 radical (unpaired) electrons. The van der Waals surface area contributed by atoms with Crippen molar-refractivity contribution in [3.05, 3.63) is 64.8 Å². The zero-order valence-corrected chi connectivity index (χ0v) is 18.6. The van der Waals surface area contributed by atoms with E-state index in [0.717, 1.165) is 24.3 Å². The van der Waals surface area contributed by atoms with E-state index in [1.807, 2.05) is 49.9 Å². The molecule has 0 saturated heterocycles. The van der Waals surface area contributed by atoms with Crippen LogP contribution < -0.4 is 10.2 Å².